The average molecular weight is 335 g/mol. The lowest BCUT2D eigenvalue weighted by Crippen LogP contribution is -2.27. The zero-order valence-corrected chi connectivity index (χ0v) is 13.2. The standard InChI is InChI=1S/C14H13N3O5S/c1-8-3-5-10(6-4-8)23(19,20)22-14-12-13(15-9(2)16-14)17-11(18)7-21-12/h3-6H,7H2,1-2H3,(H,15,16,17,18). The molecule has 0 saturated heterocycles. The summed E-state index contributed by atoms with van der Waals surface area (Å²) < 4.78 is 35.0. The van der Waals surface area contributed by atoms with Crippen LogP contribution in [0.5, 0.6) is 11.6 Å². The third-order valence-electron chi connectivity index (χ3n) is 3.05. The topological polar surface area (TPSA) is 107 Å². The SMILES string of the molecule is Cc1ccc(S(=O)(=O)Oc2nc(C)nc3c2OCC(=O)N3)cc1. The number of hydrogen-bond donors (Lipinski definition) is 1. The van der Waals surface area contributed by atoms with E-state index < -0.39 is 10.1 Å². The van der Waals surface area contributed by atoms with Crippen molar-refractivity contribution in [2.24, 2.45) is 0 Å². The van der Waals surface area contributed by atoms with Gasteiger partial charge in [-0.3, -0.25) is 4.79 Å². The van der Waals surface area contributed by atoms with Crippen molar-refractivity contribution in [2.75, 3.05) is 11.9 Å². The average Bonchev–Trinajstić information content (AvgIpc) is 2.46. The highest BCUT2D eigenvalue weighted by Crippen LogP contribution is 2.35. The van der Waals surface area contributed by atoms with Gasteiger partial charge in [0.05, 0.1) is 0 Å². The van der Waals surface area contributed by atoms with Gasteiger partial charge in [-0.2, -0.15) is 13.4 Å². The summed E-state index contributed by atoms with van der Waals surface area (Å²) in [5, 5.41) is 2.48. The first-order valence-electron chi connectivity index (χ1n) is 6.67. The van der Waals surface area contributed by atoms with Crippen LogP contribution in [0.4, 0.5) is 5.82 Å². The van der Waals surface area contributed by atoms with E-state index in [-0.39, 0.29) is 40.7 Å². The van der Waals surface area contributed by atoms with Gasteiger partial charge in [0.2, 0.25) is 5.75 Å². The molecule has 2 heterocycles. The Kier molecular flexibility index (Phi) is 3.64. The number of hydrogen-bond acceptors (Lipinski definition) is 7. The van der Waals surface area contributed by atoms with E-state index in [2.05, 4.69) is 15.3 Å². The lowest BCUT2D eigenvalue weighted by atomic mass is 10.2. The monoisotopic (exact) mass is 335 g/mol. The fourth-order valence-electron chi connectivity index (χ4n) is 1.97. The number of carbonyl (C=O) groups is 1. The van der Waals surface area contributed by atoms with E-state index in [9.17, 15) is 13.2 Å². The molecule has 0 spiro atoms. The summed E-state index contributed by atoms with van der Waals surface area (Å²) in [5.41, 5.74) is 0.922. The Morgan fingerprint density at radius 2 is 1.87 bits per heavy atom. The number of rotatable bonds is 3. The van der Waals surface area contributed by atoms with Crippen molar-refractivity contribution in [3.8, 4) is 11.6 Å². The summed E-state index contributed by atoms with van der Waals surface area (Å²) in [7, 11) is -4.08. The van der Waals surface area contributed by atoms with Gasteiger partial charge in [-0.05, 0) is 26.0 Å². The van der Waals surface area contributed by atoms with Crippen LogP contribution in [0.25, 0.3) is 0 Å². The molecular formula is C14H13N3O5S. The predicted molar refractivity (Wildman–Crippen MR) is 79.9 cm³/mol. The predicted octanol–water partition coefficient (Wildman–Crippen LogP) is 1.19. The van der Waals surface area contributed by atoms with Crippen molar-refractivity contribution in [3.05, 3.63) is 35.7 Å². The Hall–Kier alpha value is -2.68. The van der Waals surface area contributed by atoms with E-state index in [1.54, 1.807) is 19.1 Å². The number of benzene rings is 1. The first-order chi connectivity index (χ1) is 10.8. The van der Waals surface area contributed by atoms with Crippen molar-refractivity contribution in [3.63, 3.8) is 0 Å². The summed E-state index contributed by atoms with van der Waals surface area (Å²) in [6.07, 6.45) is 0. The van der Waals surface area contributed by atoms with Crippen LogP contribution < -0.4 is 14.2 Å². The molecule has 23 heavy (non-hydrogen) atoms. The Balaban J connectivity index is 1.99. The highest BCUT2D eigenvalue weighted by molar-refractivity contribution is 7.87. The first-order valence-corrected chi connectivity index (χ1v) is 8.08. The number of nitrogens with one attached hydrogen (secondary N) is 1. The van der Waals surface area contributed by atoms with E-state index in [0.717, 1.165) is 5.56 Å². The summed E-state index contributed by atoms with van der Waals surface area (Å²) in [4.78, 5) is 19.3. The van der Waals surface area contributed by atoms with Gasteiger partial charge in [0.1, 0.15) is 10.7 Å². The largest absolute Gasteiger partial charge is 0.475 e. The second-order valence-corrected chi connectivity index (χ2v) is 6.49. The zero-order chi connectivity index (χ0) is 16.6. The van der Waals surface area contributed by atoms with Crippen LogP contribution in [0.1, 0.15) is 11.4 Å². The van der Waals surface area contributed by atoms with Gasteiger partial charge in [-0.15, -0.1) is 0 Å². The summed E-state index contributed by atoms with van der Waals surface area (Å²) in [5.74, 6) is -0.326. The molecule has 0 unspecified atom stereocenters. The lowest BCUT2D eigenvalue weighted by Gasteiger charge is -2.19. The highest BCUT2D eigenvalue weighted by atomic mass is 32.2. The minimum Gasteiger partial charge on any atom is -0.475 e. The Labute approximate surface area is 132 Å². The van der Waals surface area contributed by atoms with Crippen molar-refractivity contribution >= 4 is 21.8 Å². The van der Waals surface area contributed by atoms with Crippen LogP contribution in [0.3, 0.4) is 0 Å². The quantitative estimate of drug-likeness (QED) is 0.839. The minimum absolute atomic E-state index is 0.00652. The van der Waals surface area contributed by atoms with Crippen LogP contribution in [0, 0.1) is 13.8 Å². The Morgan fingerprint density at radius 3 is 2.57 bits per heavy atom. The summed E-state index contributed by atoms with van der Waals surface area (Å²) >= 11 is 0. The van der Waals surface area contributed by atoms with E-state index in [1.807, 2.05) is 6.92 Å². The molecule has 9 heteroatoms. The molecule has 0 fully saturated rings. The number of carbonyl (C=O) groups excluding carboxylic acids is 1. The van der Waals surface area contributed by atoms with Crippen LogP contribution in [-0.2, 0) is 14.9 Å². The number of anilines is 1. The second-order valence-electron chi connectivity index (χ2n) is 4.94. The number of aromatic nitrogens is 2. The maximum atomic E-state index is 12.3. The smallest absolute Gasteiger partial charge is 0.340 e. The molecule has 8 nitrogen and oxygen atoms in total. The Bertz CT molecular complexity index is 878. The van der Waals surface area contributed by atoms with E-state index in [4.69, 9.17) is 8.92 Å². The van der Waals surface area contributed by atoms with Gasteiger partial charge in [0.15, 0.2) is 12.4 Å². The van der Waals surface area contributed by atoms with Crippen LogP contribution in [0.2, 0.25) is 0 Å². The molecule has 1 aliphatic rings. The maximum Gasteiger partial charge on any atom is 0.340 e. The molecule has 0 atom stereocenters. The van der Waals surface area contributed by atoms with Gasteiger partial charge >= 0.3 is 10.1 Å². The van der Waals surface area contributed by atoms with Crippen LogP contribution in [-0.4, -0.2) is 30.9 Å². The first kappa shape index (κ1) is 15.2. The molecule has 1 aromatic heterocycles. The van der Waals surface area contributed by atoms with Gasteiger partial charge in [-0.25, -0.2) is 4.98 Å². The van der Waals surface area contributed by atoms with Gasteiger partial charge in [0, 0.05) is 0 Å². The summed E-state index contributed by atoms with van der Waals surface area (Å²) in [6.45, 7) is 3.13. The number of aryl methyl sites for hydroxylation is 2. The number of amides is 1. The molecule has 0 bridgehead atoms. The molecule has 3 rings (SSSR count). The van der Waals surface area contributed by atoms with Gasteiger partial charge < -0.3 is 14.2 Å². The highest BCUT2D eigenvalue weighted by Gasteiger charge is 2.27. The molecule has 0 aliphatic carbocycles. The zero-order valence-electron chi connectivity index (χ0n) is 12.4. The number of nitrogens with zero attached hydrogens (tertiary/aromatic N) is 2. The summed E-state index contributed by atoms with van der Waals surface area (Å²) in [6, 6.07) is 6.20. The van der Waals surface area contributed by atoms with Crippen molar-refractivity contribution in [1.29, 1.82) is 0 Å². The third kappa shape index (κ3) is 3.09. The normalized spacial score (nSPS) is 13.7. The lowest BCUT2D eigenvalue weighted by molar-refractivity contribution is -0.118. The van der Waals surface area contributed by atoms with Crippen molar-refractivity contribution in [2.45, 2.75) is 18.7 Å². The van der Waals surface area contributed by atoms with Gasteiger partial charge in [-0.1, -0.05) is 17.7 Å². The maximum absolute atomic E-state index is 12.3. The number of ether oxygens (including phenoxy) is 1. The minimum atomic E-state index is -4.08. The van der Waals surface area contributed by atoms with E-state index >= 15 is 0 Å². The van der Waals surface area contributed by atoms with Crippen LogP contribution >= 0.6 is 0 Å². The molecular weight excluding hydrogens is 322 g/mol. The molecule has 0 saturated carbocycles. The molecule has 2 aromatic rings. The fourth-order valence-corrected chi connectivity index (χ4v) is 2.86. The number of fused-ring (bicyclic) bond motifs is 1. The van der Waals surface area contributed by atoms with Gasteiger partial charge in [0.25, 0.3) is 11.8 Å². The molecule has 1 aliphatic heterocycles. The van der Waals surface area contributed by atoms with Crippen molar-refractivity contribution in [1.82, 2.24) is 9.97 Å². The molecule has 120 valence electrons. The van der Waals surface area contributed by atoms with E-state index in [1.165, 1.54) is 12.1 Å². The molecule has 1 N–H and O–H groups in total. The van der Waals surface area contributed by atoms with Crippen molar-refractivity contribution < 1.29 is 22.1 Å². The third-order valence-corrected chi connectivity index (χ3v) is 4.28. The Morgan fingerprint density at radius 1 is 1.17 bits per heavy atom. The molecule has 1 amide bonds. The van der Waals surface area contributed by atoms with E-state index in [0.29, 0.717) is 0 Å². The fraction of sp³-hybridized carbons (Fsp3) is 0.214. The molecule has 0 radical (unpaired) electrons. The van der Waals surface area contributed by atoms with Crippen LogP contribution in [0.15, 0.2) is 29.2 Å². The molecule has 1 aromatic carbocycles. The second kappa shape index (κ2) is 5.51.